The first-order chi connectivity index (χ1) is 22.7. The molecule has 12 heteroatoms. The fraction of sp³-hybridized carbons (Fsp3) is 0.417. The van der Waals surface area contributed by atoms with Gasteiger partial charge in [0.1, 0.15) is 12.4 Å². The van der Waals surface area contributed by atoms with Gasteiger partial charge >= 0.3 is 0 Å². The predicted molar refractivity (Wildman–Crippen MR) is 186 cm³/mol. The van der Waals surface area contributed by atoms with Crippen molar-refractivity contribution in [2.24, 2.45) is 11.3 Å². The van der Waals surface area contributed by atoms with Crippen molar-refractivity contribution in [3.05, 3.63) is 82.9 Å². The molecule has 48 heavy (non-hydrogen) atoms. The van der Waals surface area contributed by atoms with Gasteiger partial charge in [0.15, 0.2) is 0 Å². The summed E-state index contributed by atoms with van der Waals surface area (Å²) >= 11 is 0. The minimum Gasteiger partial charge on any atom is -0.475 e. The van der Waals surface area contributed by atoms with Gasteiger partial charge in [-0.1, -0.05) is 52.0 Å². The number of nitrogens with zero attached hydrogens (tertiary/aromatic N) is 6. The Morgan fingerprint density at radius 1 is 1.02 bits per heavy atom. The molecule has 4 heterocycles. The van der Waals surface area contributed by atoms with Crippen LogP contribution in [0.5, 0.6) is 5.88 Å². The number of carbonyl (C=O) groups is 1. The first kappa shape index (κ1) is 33.3. The largest absolute Gasteiger partial charge is 0.475 e. The predicted octanol–water partition coefficient (Wildman–Crippen LogP) is 5.96. The van der Waals surface area contributed by atoms with Crippen molar-refractivity contribution in [3.63, 3.8) is 0 Å². The number of aromatic nitrogens is 4. The number of aryl methyl sites for hydroxylation is 2. The highest BCUT2D eigenvalue weighted by Crippen LogP contribution is 2.35. The minimum absolute atomic E-state index is 0.0464. The van der Waals surface area contributed by atoms with Crippen molar-refractivity contribution >= 4 is 27.6 Å². The Balaban J connectivity index is 1.43. The number of nitrogens with one attached hydrogen (secondary N) is 1. The second-order valence-corrected chi connectivity index (χ2v) is 15.7. The fourth-order valence-electron chi connectivity index (χ4n) is 6.48. The van der Waals surface area contributed by atoms with E-state index in [2.05, 4.69) is 43.4 Å². The standard InChI is InChI=1S/C36H43N7O4S/c1-22(2)29-20-47-33-25(5)32(31-23(3)10-8-11-24(31)4)39-35(40-33)41-48(45,46)28-13-9-12-26(16-28)34(44)43(29)19-30-37-17-27(18-38-30)42-15-14-36(6,7)21-42/h8-13,16-18,22,29H,14-15,19-21H2,1-7H3,(H,39,40,41)/t29-/m0/s1. The van der Waals surface area contributed by atoms with Gasteiger partial charge < -0.3 is 14.5 Å². The van der Waals surface area contributed by atoms with Crippen LogP contribution in [0.4, 0.5) is 11.6 Å². The van der Waals surface area contributed by atoms with Gasteiger partial charge in [-0.25, -0.2) is 28.1 Å². The van der Waals surface area contributed by atoms with Crippen molar-refractivity contribution in [2.75, 3.05) is 29.3 Å². The molecule has 4 bridgehead atoms. The molecule has 1 saturated heterocycles. The van der Waals surface area contributed by atoms with Crippen molar-refractivity contribution in [2.45, 2.75) is 72.4 Å². The van der Waals surface area contributed by atoms with Gasteiger partial charge in [-0.3, -0.25) is 4.79 Å². The lowest BCUT2D eigenvalue weighted by atomic mass is 9.93. The van der Waals surface area contributed by atoms with Gasteiger partial charge in [0.2, 0.25) is 11.8 Å². The van der Waals surface area contributed by atoms with Crippen molar-refractivity contribution in [3.8, 4) is 17.1 Å². The second kappa shape index (κ2) is 12.8. The van der Waals surface area contributed by atoms with E-state index < -0.39 is 16.1 Å². The maximum absolute atomic E-state index is 14.3. The molecule has 1 N–H and O–H groups in total. The highest BCUT2D eigenvalue weighted by molar-refractivity contribution is 7.92. The summed E-state index contributed by atoms with van der Waals surface area (Å²) in [7, 11) is -4.17. The molecule has 252 valence electrons. The molecule has 0 unspecified atom stereocenters. The third kappa shape index (κ3) is 6.71. The fourth-order valence-corrected chi connectivity index (χ4v) is 7.47. The van der Waals surface area contributed by atoms with Crippen LogP contribution in [0.3, 0.4) is 0 Å². The summed E-state index contributed by atoms with van der Waals surface area (Å²) in [5.41, 5.74) is 5.48. The zero-order valence-corrected chi connectivity index (χ0v) is 29.4. The molecule has 0 aliphatic carbocycles. The first-order valence-electron chi connectivity index (χ1n) is 16.3. The van der Waals surface area contributed by atoms with Gasteiger partial charge in [0, 0.05) is 29.8 Å². The Kier molecular flexibility index (Phi) is 8.88. The first-order valence-corrected chi connectivity index (χ1v) is 17.8. The quantitative estimate of drug-likeness (QED) is 0.274. The molecular weight excluding hydrogens is 627 g/mol. The van der Waals surface area contributed by atoms with Crippen LogP contribution in [-0.2, 0) is 16.6 Å². The lowest BCUT2D eigenvalue weighted by molar-refractivity contribution is 0.0496. The highest BCUT2D eigenvalue weighted by Gasteiger charge is 2.33. The number of hydrogen-bond donors (Lipinski definition) is 1. The van der Waals surface area contributed by atoms with E-state index in [9.17, 15) is 13.2 Å². The highest BCUT2D eigenvalue weighted by atomic mass is 32.2. The molecule has 6 rings (SSSR count). The molecule has 0 radical (unpaired) electrons. The van der Waals surface area contributed by atoms with Gasteiger partial charge in [-0.2, -0.15) is 4.98 Å². The third-order valence-electron chi connectivity index (χ3n) is 9.30. The average Bonchev–Trinajstić information content (AvgIpc) is 3.41. The van der Waals surface area contributed by atoms with E-state index in [1.807, 2.05) is 65.2 Å². The van der Waals surface area contributed by atoms with Gasteiger partial charge in [-0.05, 0) is 67.9 Å². The number of sulfonamides is 1. The SMILES string of the molecule is Cc1cccc(C)c1-c1nc2nc(c1C)OC[C@@H](C(C)C)N(Cc1ncc(N3CCC(C)(C)C3)cn1)C(=O)c1cccc(c1)S(=O)(=O)N2. The Morgan fingerprint density at radius 2 is 1.71 bits per heavy atom. The van der Waals surface area contributed by atoms with Crippen molar-refractivity contribution in [1.82, 2.24) is 24.8 Å². The maximum atomic E-state index is 14.3. The van der Waals surface area contributed by atoms with Crippen LogP contribution in [0, 0.1) is 32.1 Å². The van der Waals surface area contributed by atoms with E-state index in [-0.39, 0.29) is 52.7 Å². The summed E-state index contributed by atoms with van der Waals surface area (Å²) < 4.78 is 36.3. The molecule has 1 fully saturated rings. The van der Waals surface area contributed by atoms with Crippen LogP contribution in [0.15, 0.2) is 59.8 Å². The maximum Gasteiger partial charge on any atom is 0.264 e. The van der Waals surface area contributed by atoms with E-state index in [4.69, 9.17) is 4.74 Å². The number of rotatable bonds is 5. The Morgan fingerprint density at radius 3 is 2.35 bits per heavy atom. The smallest absolute Gasteiger partial charge is 0.264 e. The van der Waals surface area contributed by atoms with E-state index in [0.29, 0.717) is 17.1 Å². The summed E-state index contributed by atoms with van der Waals surface area (Å²) in [6, 6.07) is 11.5. The molecule has 0 saturated carbocycles. The van der Waals surface area contributed by atoms with Gasteiger partial charge in [0.25, 0.3) is 15.9 Å². The molecule has 2 aromatic heterocycles. The topological polar surface area (TPSA) is 131 Å². The molecule has 11 nitrogen and oxygen atoms in total. The van der Waals surface area contributed by atoms with E-state index in [1.165, 1.54) is 12.1 Å². The van der Waals surface area contributed by atoms with Crippen LogP contribution in [0.2, 0.25) is 0 Å². The van der Waals surface area contributed by atoms with Gasteiger partial charge in [-0.15, -0.1) is 0 Å². The molecule has 2 aliphatic heterocycles. The zero-order chi connectivity index (χ0) is 34.4. The monoisotopic (exact) mass is 669 g/mol. The zero-order valence-electron chi connectivity index (χ0n) is 28.6. The summed E-state index contributed by atoms with van der Waals surface area (Å²) in [6.45, 7) is 16.5. The lowest BCUT2D eigenvalue weighted by Gasteiger charge is -2.34. The summed E-state index contributed by atoms with van der Waals surface area (Å²) in [6.07, 6.45) is 4.72. The molecule has 0 spiro atoms. The summed E-state index contributed by atoms with van der Waals surface area (Å²) in [5, 5.41) is 0. The van der Waals surface area contributed by atoms with E-state index in [0.717, 1.165) is 41.9 Å². The minimum atomic E-state index is -4.17. The summed E-state index contributed by atoms with van der Waals surface area (Å²) in [4.78, 5) is 36.8. The molecule has 1 amide bonds. The average molecular weight is 670 g/mol. The molecule has 2 aromatic carbocycles. The number of carbonyl (C=O) groups excluding carboxylic acids is 1. The number of benzene rings is 2. The van der Waals surface area contributed by atoms with Gasteiger partial charge in [0.05, 0.1) is 41.3 Å². The third-order valence-corrected chi connectivity index (χ3v) is 10.6. The van der Waals surface area contributed by atoms with Crippen LogP contribution in [0.25, 0.3) is 11.3 Å². The van der Waals surface area contributed by atoms with Crippen LogP contribution in [0.1, 0.15) is 67.0 Å². The van der Waals surface area contributed by atoms with E-state index in [1.54, 1.807) is 17.0 Å². The number of amides is 1. The summed E-state index contributed by atoms with van der Waals surface area (Å²) in [5.74, 6) is 0.197. The van der Waals surface area contributed by atoms with Crippen LogP contribution < -0.4 is 14.4 Å². The Hall–Kier alpha value is -4.58. The lowest BCUT2D eigenvalue weighted by Crippen LogP contribution is -2.46. The Bertz CT molecular complexity index is 1940. The second-order valence-electron chi connectivity index (χ2n) is 14.0. The molecule has 2 aliphatic rings. The number of ether oxygens (including phenoxy) is 1. The Labute approximate surface area is 282 Å². The van der Waals surface area contributed by atoms with Crippen molar-refractivity contribution in [1.29, 1.82) is 0 Å². The van der Waals surface area contributed by atoms with Crippen LogP contribution in [-0.4, -0.2) is 64.9 Å². The molecule has 1 atom stereocenters. The van der Waals surface area contributed by atoms with Crippen LogP contribution >= 0.6 is 0 Å². The normalized spacial score (nSPS) is 18.8. The molecular formula is C36H43N7O4S. The van der Waals surface area contributed by atoms with E-state index >= 15 is 0 Å². The number of hydrogen-bond acceptors (Lipinski definition) is 9. The molecule has 4 aromatic rings. The number of anilines is 2. The number of fused-ring (bicyclic) bond motifs is 4. The van der Waals surface area contributed by atoms with Crippen molar-refractivity contribution < 1.29 is 17.9 Å².